The number of amides is 2. The molecule has 2 amide bonds. The maximum atomic E-state index is 12.5. The van der Waals surface area contributed by atoms with Gasteiger partial charge in [-0.3, -0.25) is 4.31 Å². The van der Waals surface area contributed by atoms with E-state index in [0.717, 1.165) is 12.2 Å². The van der Waals surface area contributed by atoms with E-state index in [9.17, 15) is 4.79 Å². The topological polar surface area (TPSA) is 41.6 Å². The molecular formula is C23H24N2O2S. The number of thiol groups is 1. The van der Waals surface area contributed by atoms with Gasteiger partial charge >= 0.3 is 6.03 Å². The summed E-state index contributed by atoms with van der Waals surface area (Å²) in [5.74, 6) is 0.945. The fraction of sp³-hybridized carbons (Fsp3) is 0.174. The lowest BCUT2D eigenvalue weighted by Crippen LogP contribution is -2.28. The highest BCUT2D eigenvalue weighted by Crippen LogP contribution is 2.28. The number of urea groups is 1. The lowest BCUT2D eigenvalue weighted by Gasteiger charge is -2.22. The van der Waals surface area contributed by atoms with Crippen LogP contribution < -0.4 is 10.1 Å². The molecule has 0 aliphatic heterocycles. The average Bonchev–Trinajstić information content (AvgIpc) is 2.76. The largest absolute Gasteiger partial charge is 0.497 e. The van der Waals surface area contributed by atoms with Crippen LogP contribution in [0.1, 0.15) is 23.5 Å². The van der Waals surface area contributed by atoms with Crippen molar-refractivity contribution in [3.8, 4) is 5.75 Å². The number of hydrogen-bond acceptors (Lipinski definition) is 3. The number of nitrogens with one attached hydrogen (secondary N) is 1. The summed E-state index contributed by atoms with van der Waals surface area (Å²) in [5, 5.41) is 2.85. The molecule has 0 aliphatic rings. The van der Waals surface area contributed by atoms with E-state index in [4.69, 9.17) is 4.74 Å². The molecule has 28 heavy (non-hydrogen) atoms. The monoisotopic (exact) mass is 392 g/mol. The SMILES string of the molecule is COc1ccc(NC(=O)N(S)CCC(c2ccccc2)c2ccccc2)cc1. The third-order valence-corrected chi connectivity index (χ3v) is 4.99. The van der Waals surface area contributed by atoms with E-state index in [1.165, 1.54) is 15.4 Å². The quantitative estimate of drug-likeness (QED) is 0.514. The molecule has 0 spiro atoms. The van der Waals surface area contributed by atoms with Gasteiger partial charge in [-0.05, 0) is 41.8 Å². The Morgan fingerprint density at radius 2 is 1.46 bits per heavy atom. The van der Waals surface area contributed by atoms with Crippen molar-refractivity contribution < 1.29 is 9.53 Å². The van der Waals surface area contributed by atoms with Crippen LogP contribution in [0.2, 0.25) is 0 Å². The highest BCUT2D eigenvalue weighted by molar-refractivity contribution is 7.78. The molecule has 3 aromatic carbocycles. The first-order chi connectivity index (χ1) is 13.7. The molecule has 0 radical (unpaired) electrons. The van der Waals surface area contributed by atoms with E-state index in [1.807, 2.05) is 36.4 Å². The van der Waals surface area contributed by atoms with Gasteiger partial charge in [-0.25, -0.2) is 4.79 Å². The van der Waals surface area contributed by atoms with Gasteiger partial charge in [-0.2, -0.15) is 0 Å². The molecule has 3 aromatic rings. The van der Waals surface area contributed by atoms with E-state index in [0.29, 0.717) is 12.2 Å². The molecular weight excluding hydrogens is 368 g/mol. The number of methoxy groups -OCH3 is 1. The van der Waals surface area contributed by atoms with Crippen molar-refractivity contribution in [2.24, 2.45) is 0 Å². The first-order valence-corrected chi connectivity index (χ1v) is 9.58. The number of rotatable bonds is 7. The van der Waals surface area contributed by atoms with Gasteiger partial charge in [0.2, 0.25) is 0 Å². The summed E-state index contributed by atoms with van der Waals surface area (Å²) in [6, 6.07) is 27.6. The minimum Gasteiger partial charge on any atom is -0.497 e. The van der Waals surface area contributed by atoms with E-state index in [-0.39, 0.29) is 11.9 Å². The molecule has 0 fully saturated rings. The number of benzene rings is 3. The molecule has 0 aliphatic carbocycles. The number of nitrogens with zero attached hydrogens (tertiary/aromatic N) is 1. The van der Waals surface area contributed by atoms with Crippen molar-refractivity contribution in [1.29, 1.82) is 0 Å². The molecule has 3 rings (SSSR count). The zero-order chi connectivity index (χ0) is 19.8. The number of ether oxygens (including phenoxy) is 1. The van der Waals surface area contributed by atoms with Crippen LogP contribution in [0.25, 0.3) is 0 Å². The summed E-state index contributed by atoms with van der Waals surface area (Å²) in [5.41, 5.74) is 3.16. The summed E-state index contributed by atoms with van der Waals surface area (Å²) >= 11 is 4.39. The van der Waals surface area contributed by atoms with Crippen molar-refractivity contribution >= 4 is 24.5 Å². The summed E-state index contributed by atoms with van der Waals surface area (Å²) in [7, 11) is 1.61. The van der Waals surface area contributed by atoms with Crippen molar-refractivity contribution in [1.82, 2.24) is 4.31 Å². The van der Waals surface area contributed by atoms with Crippen LogP contribution in [0, 0.1) is 0 Å². The van der Waals surface area contributed by atoms with Gasteiger partial charge in [-0.15, -0.1) is 0 Å². The molecule has 1 N–H and O–H groups in total. The second-order valence-corrected chi connectivity index (χ2v) is 6.93. The molecule has 0 atom stereocenters. The van der Waals surface area contributed by atoms with Crippen LogP contribution in [-0.4, -0.2) is 24.0 Å². The fourth-order valence-electron chi connectivity index (χ4n) is 3.11. The second-order valence-electron chi connectivity index (χ2n) is 6.44. The number of carbonyl (C=O) groups is 1. The third-order valence-electron chi connectivity index (χ3n) is 4.61. The Labute approximate surface area is 171 Å². The van der Waals surface area contributed by atoms with Crippen LogP contribution in [0.5, 0.6) is 5.75 Å². The van der Waals surface area contributed by atoms with Crippen LogP contribution in [0.3, 0.4) is 0 Å². The Morgan fingerprint density at radius 1 is 0.929 bits per heavy atom. The number of anilines is 1. The average molecular weight is 393 g/mol. The zero-order valence-electron chi connectivity index (χ0n) is 15.8. The van der Waals surface area contributed by atoms with Crippen molar-refractivity contribution in [2.75, 3.05) is 19.0 Å². The second kappa shape index (κ2) is 9.85. The predicted molar refractivity (Wildman–Crippen MR) is 117 cm³/mol. The predicted octanol–water partition coefficient (Wildman–Crippen LogP) is 5.60. The summed E-state index contributed by atoms with van der Waals surface area (Å²) in [6.45, 7) is 0.513. The minimum absolute atomic E-state index is 0.200. The summed E-state index contributed by atoms with van der Waals surface area (Å²) in [4.78, 5) is 12.5. The molecule has 0 heterocycles. The normalized spacial score (nSPS) is 10.5. The third kappa shape index (κ3) is 5.30. The van der Waals surface area contributed by atoms with Crippen molar-refractivity contribution in [2.45, 2.75) is 12.3 Å². The van der Waals surface area contributed by atoms with E-state index in [2.05, 4.69) is 42.4 Å². The highest BCUT2D eigenvalue weighted by atomic mass is 32.1. The lowest BCUT2D eigenvalue weighted by atomic mass is 9.88. The van der Waals surface area contributed by atoms with Gasteiger partial charge in [0.25, 0.3) is 0 Å². The Hall–Kier alpha value is -2.92. The highest BCUT2D eigenvalue weighted by Gasteiger charge is 2.17. The Morgan fingerprint density at radius 3 is 1.96 bits per heavy atom. The molecule has 5 heteroatoms. The maximum Gasteiger partial charge on any atom is 0.331 e. The van der Waals surface area contributed by atoms with Gasteiger partial charge in [0.1, 0.15) is 5.75 Å². The molecule has 4 nitrogen and oxygen atoms in total. The molecule has 0 saturated heterocycles. The minimum atomic E-state index is -0.256. The van der Waals surface area contributed by atoms with Crippen molar-refractivity contribution in [3.05, 3.63) is 96.1 Å². The zero-order valence-corrected chi connectivity index (χ0v) is 16.7. The number of hydrogen-bond donors (Lipinski definition) is 2. The van der Waals surface area contributed by atoms with Gasteiger partial charge in [0.05, 0.1) is 7.11 Å². The summed E-state index contributed by atoms with van der Waals surface area (Å²) < 4.78 is 6.55. The van der Waals surface area contributed by atoms with Crippen molar-refractivity contribution in [3.63, 3.8) is 0 Å². The van der Waals surface area contributed by atoms with Crippen LogP contribution in [-0.2, 0) is 0 Å². The first-order valence-electron chi connectivity index (χ1n) is 9.18. The smallest absolute Gasteiger partial charge is 0.331 e. The summed E-state index contributed by atoms with van der Waals surface area (Å²) in [6.07, 6.45) is 0.771. The van der Waals surface area contributed by atoms with E-state index >= 15 is 0 Å². The Bertz CT molecular complexity index is 831. The van der Waals surface area contributed by atoms with E-state index < -0.39 is 0 Å². The molecule has 144 valence electrons. The van der Waals surface area contributed by atoms with E-state index in [1.54, 1.807) is 31.4 Å². The Kier molecular flexibility index (Phi) is 6.98. The molecule has 0 saturated carbocycles. The maximum absolute atomic E-state index is 12.5. The fourth-order valence-corrected chi connectivity index (χ4v) is 3.28. The lowest BCUT2D eigenvalue weighted by molar-refractivity contribution is 0.238. The molecule has 0 bridgehead atoms. The van der Waals surface area contributed by atoms with Crippen LogP contribution in [0.4, 0.5) is 10.5 Å². The van der Waals surface area contributed by atoms with Gasteiger partial charge in [0.15, 0.2) is 0 Å². The van der Waals surface area contributed by atoms with Gasteiger partial charge < -0.3 is 10.1 Å². The number of carbonyl (C=O) groups excluding carboxylic acids is 1. The van der Waals surface area contributed by atoms with Crippen LogP contribution >= 0.6 is 12.8 Å². The standard InChI is InChI=1S/C23H24N2O2S/c1-27-21-14-12-20(13-15-21)24-23(26)25(28)17-16-22(18-8-4-2-5-9-18)19-10-6-3-7-11-19/h2-15,22,28H,16-17H2,1H3,(H,24,26). The first kappa shape index (κ1) is 19.8. The van der Waals surface area contributed by atoms with Crippen LogP contribution in [0.15, 0.2) is 84.9 Å². The Balaban J connectivity index is 1.64. The van der Waals surface area contributed by atoms with Gasteiger partial charge in [-0.1, -0.05) is 73.5 Å². The molecule has 0 unspecified atom stereocenters. The van der Waals surface area contributed by atoms with Gasteiger partial charge in [0, 0.05) is 18.2 Å². The molecule has 0 aromatic heterocycles.